The van der Waals surface area contributed by atoms with E-state index in [9.17, 15) is 14.4 Å². The van der Waals surface area contributed by atoms with Gasteiger partial charge in [0.1, 0.15) is 18.0 Å². The number of piperidine rings is 1. The first-order valence-electron chi connectivity index (χ1n) is 13.5. The molecule has 1 aromatic carbocycles. The topological polar surface area (TPSA) is 157 Å². The number of nitrogens with one attached hydrogen (secondary N) is 1. The third-order valence-electron chi connectivity index (χ3n) is 7.71. The third kappa shape index (κ3) is 4.79. The number of aryl methyl sites for hydroxylation is 1. The Bertz CT molecular complexity index is 1690. The Kier molecular flexibility index (Phi) is 6.69. The second-order valence-corrected chi connectivity index (χ2v) is 10.3. The molecule has 2 aliphatic rings. The average molecular weight is 555 g/mol. The predicted molar refractivity (Wildman–Crippen MR) is 151 cm³/mol. The largest absolute Gasteiger partial charge is 0.383 e. The summed E-state index contributed by atoms with van der Waals surface area (Å²) in [4.78, 5) is 55.3. The molecule has 1 fully saturated rings. The van der Waals surface area contributed by atoms with E-state index in [1.807, 2.05) is 17.7 Å². The van der Waals surface area contributed by atoms with Gasteiger partial charge in [0.25, 0.3) is 11.8 Å². The number of amides is 3. The van der Waals surface area contributed by atoms with E-state index < -0.39 is 5.91 Å². The summed E-state index contributed by atoms with van der Waals surface area (Å²) < 4.78 is 3.71. The van der Waals surface area contributed by atoms with E-state index >= 15 is 0 Å². The van der Waals surface area contributed by atoms with Crippen LogP contribution in [-0.4, -0.2) is 76.5 Å². The molecule has 0 radical (unpaired) electrons. The van der Waals surface area contributed by atoms with E-state index in [2.05, 4.69) is 31.9 Å². The van der Waals surface area contributed by atoms with E-state index in [1.54, 1.807) is 38.9 Å². The molecule has 1 atom stereocenters. The molecule has 210 valence electrons. The van der Waals surface area contributed by atoms with Crippen LogP contribution in [0.1, 0.15) is 51.1 Å². The van der Waals surface area contributed by atoms with Crippen LogP contribution in [0.4, 0.5) is 11.5 Å². The Balaban J connectivity index is 1.24. The van der Waals surface area contributed by atoms with Crippen molar-refractivity contribution < 1.29 is 14.4 Å². The Morgan fingerprint density at radius 3 is 2.78 bits per heavy atom. The first-order chi connectivity index (χ1) is 19.8. The lowest BCUT2D eigenvalue weighted by Crippen LogP contribution is -2.40. The summed E-state index contributed by atoms with van der Waals surface area (Å²) in [6, 6.07) is 4.98. The normalized spacial score (nSPS) is 16.9. The fourth-order valence-corrected chi connectivity index (χ4v) is 5.58. The van der Waals surface area contributed by atoms with Crippen molar-refractivity contribution in [2.45, 2.75) is 38.9 Å². The number of imidazole rings is 1. The zero-order valence-corrected chi connectivity index (χ0v) is 22.7. The molecule has 41 heavy (non-hydrogen) atoms. The number of carbonyl (C=O) groups is 3. The molecule has 5 heterocycles. The molecule has 4 aromatic rings. The number of likely N-dealkylation sites (tertiary alicyclic amines) is 1. The maximum Gasteiger partial charge on any atom is 0.277 e. The van der Waals surface area contributed by atoms with E-state index in [-0.39, 0.29) is 29.4 Å². The van der Waals surface area contributed by atoms with Crippen molar-refractivity contribution in [3.63, 3.8) is 0 Å². The van der Waals surface area contributed by atoms with E-state index in [0.29, 0.717) is 55.0 Å². The number of rotatable bonds is 5. The van der Waals surface area contributed by atoms with Gasteiger partial charge >= 0.3 is 0 Å². The second kappa shape index (κ2) is 10.5. The van der Waals surface area contributed by atoms with Crippen LogP contribution in [0.3, 0.4) is 0 Å². The van der Waals surface area contributed by atoms with Crippen molar-refractivity contribution in [3.8, 4) is 0 Å². The lowest BCUT2D eigenvalue weighted by atomic mass is 10.1. The Morgan fingerprint density at radius 2 is 1.98 bits per heavy atom. The van der Waals surface area contributed by atoms with Crippen LogP contribution < -0.4 is 11.1 Å². The first kappa shape index (κ1) is 26.2. The quantitative estimate of drug-likeness (QED) is 0.355. The minimum absolute atomic E-state index is 0.0826. The van der Waals surface area contributed by atoms with E-state index in [4.69, 9.17) is 5.73 Å². The van der Waals surface area contributed by atoms with E-state index in [0.717, 1.165) is 24.2 Å². The Labute approximate surface area is 235 Å². The summed E-state index contributed by atoms with van der Waals surface area (Å²) in [6.45, 7) is 8.21. The summed E-state index contributed by atoms with van der Waals surface area (Å²) in [5.41, 5.74) is 8.51. The number of fused-ring (bicyclic) bond motifs is 2. The van der Waals surface area contributed by atoms with E-state index in [1.165, 1.54) is 12.4 Å². The van der Waals surface area contributed by atoms with Crippen LogP contribution >= 0.6 is 0 Å². The molecule has 13 heteroatoms. The predicted octanol–water partition coefficient (Wildman–Crippen LogP) is 2.17. The van der Waals surface area contributed by atoms with Crippen LogP contribution in [0.2, 0.25) is 0 Å². The average Bonchev–Trinajstić information content (AvgIpc) is 3.62. The number of aromatic nitrogens is 6. The number of hydrogen-bond acceptors (Lipinski definition) is 8. The maximum absolute atomic E-state index is 13.5. The number of benzene rings is 1. The minimum Gasteiger partial charge on any atom is -0.383 e. The Hall–Kier alpha value is -5.07. The maximum atomic E-state index is 13.5. The van der Waals surface area contributed by atoms with Crippen molar-refractivity contribution in [1.82, 2.24) is 39.1 Å². The Morgan fingerprint density at radius 1 is 1.12 bits per heavy atom. The molecule has 13 nitrogen and oxygen atoms in total. The SMILES string of the molecule is C=CC(=O)N1CCC[C@@H](n2nc(C(=O)Nc3ccc(C(=O)N4CCn5ccnc5C4)c(C)c3)c3c(N)ncnc32)C1. The molecule has 3 aromatic heterocycles. The van der Waals surface area contributed by atoms with Gasteiger partial charge in [-0.05, 0) is 49.6 Å². The monoisotopic (exact) mass is 554 g/mol. The molecular weight excluding hydrogens is 524 g/mol. The molecule has 0 bridgehead atoms. The molecule has 0 aliphatic carbocycles. The number of anilines is 2. The zero-order chi connectivity index (χ0) is 28.7. The van der Waals surface area contributed by atoms with Crippen molar-refractivity contribution in [1.29, 1.82) is 0 Å². The number of carbonyl (C=O) groups excluding carboxylic acids is 3. The molecule has 0 saturated carbocycles. The van der Waals surface area contributed by atoms with Gasteiger partial charge in [0.2, 0.25) is 5.91 Å². The van der Waals surface area contributed by atoms with Gasteiger partial charge in [0, 0.05) is 49.8 Å². The van der Waals surface area contributed by atoms with Crippen molar-refractivity contribution in [3.05, 3.63) is 72.2 Å². The van der Waals surface area contributed by atoms with Crippen LogP contribution in [0.25, 0.3) is 11.0 Å². The fourth-order valence-electron chi connectivity index (χ4n) is 5.58. The van der Waals surface area contributed by atoms with Gasteiger partial charge in [-0.25, -0.2) is 19.6 Å². The van der Waals surface area contributed by atoms with Gasteiger partial charge in [-0.2, -0.15) is 5.10 Å². The third-order valence-corrected chi connectivity index (χ3v) is 7.71. The van der Waals surface area contributed by atoms with Crippen molar-refractivity contribution in [2.75, 3.05) is 30.7 Å². The summed E-state index contributed by atoms with van der Waals surface area (Å²) in [7, 11) is 0. The van der Waals surface area contributed by atoms with Crippen LogP contribution in [0, 0.1) is 6.92 Å². The van der Waals surface area contributed by atoms with Crippen LogP contribution in [0.15, 0.2) is 49.6 Å². The molecule has 3 N–H and O–H groups in total. The number of nitrogens with two attached hydrogens (primary N) is 1. The number of nitrogens with zero attached hydrogens (tertiary/aromatic N) is 8. The molecule has 3 amide bonds. The summed E-state index contributed by atoms with van der Waals surface area (Å²) in [6.07, 6.45) is 7.83. The summed E-state index contributed by atoms with van der Waals surface area (Å²) in [5.74, 6) is 0.282. The highest BCUT2D eigenvalue weighted by atomic mass is 16.2. The second-order valence-electron chi connectivity index (χ2n) is 10.3. The molecule has 1 saturated heterocycles. The molecule has 6 rings (SSSR count). The minimum atomic E-state index is -0.480. The molecule has 0 unspecified atom stereocenters. The number of nitrogen functional groups attached to an aromatic ring is 1. The first-order valence-corrected chi connectivity index (χ1v) is 13.5. The van der Waals surface area contributed by atoms with Gasteiger partial charge in [0.05, 0.1) is 18.0 Å². The summed E-state index contributed by atoms with van der Waals surface area (Å²) >= 11 is 0. The van der Waals surface area contributed by atoms with Crippen molar-refractivity contribution >= 4 is 40.3 Å². The van der Waals surface area contributed by atoms with Gasteiger partial charge in [-0.1, -0.05) is 6.58 Å². The standard InChI is InChI=1S/C28H30N10O3/c1-3-22(39)36-9-4-5-19(14-36)38-26-23(25(29)31-16-32-26)24(34-38)27(40)33-18-6-7-20(17(2)13-18)28(41)37-12-11-35-10-8-30-21(35)15-37/h3,6-8,10,13,16,19H,1,4-5,9,11-12,14-15H2,2H3,(H,33,40)(H2,29,31,32)/t19-/m1/s1. The smallest absolute Gasteiger partial charge is 0.277 e. The van der Waals surface area contributed by atoms with Crippen LogP contribution in [0.5, 0.6) is 0 Å². The zero-order valence-electron chi connectivity index (χ0n) is 22.7. The van der Waals surface area contributed by atoms with Crippen molar-refractivity contribution in [2.24, 2.45) is 0 Å². The highest BCUT2D eigenvalue weighted by Crippen LogP contribution is 2.29. The fraction of sp³-hybridized carbons (Fsp3) is 0.321. The highest BCUT2D eigenvalue weighted by Gasteiger charge is 2.30. The molecule has 0 spiro atoms. The van der Waals surface area contributed by atoms with Gasteiger partial charge in [-0.3, -0.25) is 14.4 Å². The van der Waals surface area contributed by atoms with Gasteiger partial charge in [-0.15, -0.1) is 0 Å². The lowest BCUT2D eigenvalue weighted by Gasteiger charge is -2.32. The molecule has 2 aliphatic heterocycles. The van der Waals surface area contributed by atoms with Gasteiger partial charge < -0.3 is 25.4 Å². The number of hydrogen-bond donors (Lipinski definition) is 2. The summed E-state index contributed by atoms with van der Waals surface area (Å²) in [5, 5.41) is 7.86. The lowest BCUT2D eigenvalue weighted by molar-refractivity contribution is -0.127. The highest BCUT2D eigenvalue weighted by molar-refractivity contribution is 6.13. The van der Waals surface area contributed by atoms with Crippen LogP contribution in [-0.2, 0) is 17.9 Å². The van der Waals surface area contributed by atoms with Gasteiger partial charge in [0.15, 0.2) is 11.3 Å². The molecular formula is C28H30N10O3.